The first-order chi connectivity index (χ1) is 7.66. The van der Waals surface area contributed by atoms with Gasteiger partial charge in [-0.05, 0) is 30.5 Å². The van der Waals surface area contributed by atoms with Gasteiger partial charge in [0.05, 0.1) is 0 Å². The lowest BCUT2D eigenvalue weighted by Gasteiger charge is -2.22. The molecule has 0 aliphatic heterocycles. The fourth-order valence-corrected chi connectivity index (χ4v) is 2.19. The van der Waals surface area contributed by atoms with Gasteiger partial charge in [-0.3, -0.25) is 0 Å². The van der Waals surface area contributed by atoms with E-state index < -0.39 is 0 Å². The lowest BCUT2D eigenvalue weighted by Crippen LogP contribution is -2.25. The van der Waals surface area contributed by atoms with Crippen LogP contribution in [0.2, 0.25) is 5.02 Å². The molecule has 1 unspecified atom stereocenters. The Morgan fingerprint density at radius 3 is 2.50 bits per heavy atom. The molecule has 0 spiro atoms. The Bertz CT molecular complexity index is 309. The van der Waals surface area contributed by atoms with Crippen LogP contribution in [0.4, 0.5) is 0 Å². The van der Waals surface area contributed by atoms with Crippen molar-refractivity contribution < 1.29 is 0 Å². The average molecular weight is 240 g/mol. The van der Waals surface area contributed by atoms with Crippen molar-refractivity contribution in [2.45, 2.75) is 33.1 Å². The van der Waals surface area contributed by atoms with Crippen molar-refractivity contribution in [3.8, 4) is 0 Å². The third-order valence-corrected chi connectivity index (χ3v) is 3.24. The van der Waals surface area contributed by atoms with Gasteiger partial charge in [0.15, 0.2) is 0 Å². The van der Waals surface area contributed by atoms with E-state index in [1.807, 2.05) is 12.1 Å². The molecule has 1 atom stereocenters. The maximum atomic E-state index is 6.25. The minimum atomic E-state index is 0.500. The minimum Gasteiger partial charge on any atom is -0.316 e. The van der Waals surface area contributed by atoms with Crippen LogP contribution < -0.4 is 5.32 Å². The summed E-state index contributed by atoms with van der Waals surface area (Å²) in [5.74, 6) is 1.10. The van der Waals surface area contributed by atoms with E-state index in [4.69, 9.17) is 11.6 Å². The van der Waals surface area contributed by atoms with Crippen molar-refractivity contribution in [2.24, 2.45) is 5.92 Å². The molecule has 90 valence electrons. The second-order valence-electron chi connectivity index (χ2n) is 4.58. The Kier molecular flexibility index (Phi) is 5.86. The van der Waals surface area contributed by atoms with Crippen LogP contribution in [0.15, 0.2) is 24.3 Å². The summed E-state index contributed by atoms with van der Waals surface area (Å²) in [6.45, 7) is 8.78. The maximum Gasteiger partial charge on any atom is 0.0441 e. The van der Waals surface area contributed by atoms with Gasteiger partial charge in [-0.25, -0.2) is 0 Å². The first kappa shape index (κ1) is 13.5. The van der Waals surface area contributed by atoms with Crippen molar-refractivity contribution >= 4 is 11.6 Å². The number of hydrogen-bond acceptors (Lipinski definition) is 1. The van der Waals surface area contributed by atoms with Crippen LogP contribution in [0.1, 0.15) is 38.7 Å². The second-order valence-corrected chi connectivity index (χ2v) is 4.98. The van der Waals surface area contributed by atoms with Gasteiger partial charge in [-0.2, -0.15) is 0 Å². The summed E-state index contributed by atoms with van der Waals surface area (Å²) in [5.41, 5.74) is 1.27. The third-order valence-electron chi connectivity index (χ3n) is 2.90. The topological polar surface area (TPSA) is 12.0 Å². The third kappa shape index (κ3) is 3.80. The molecular weight excluding hydrogens is 218 g/mol. The SMILES string of the molecule is CCCNCC(c1ccccc1Cl)C(C)C. The van der Waals surface area contributed by atoms with Crippen LogP contribution in [0.25, 0.3) is 0 Å². The Morgan fingerprint density at radius 1 is 1.25 bits per heavy atom. The number of rotatable bonds is 6. The first-order valence-corrected chi connectivity index (χ1v) is 6.49. The molecule has 1 aromatic rings. The molecule has 0 aromatic heterocycles. The van der Waals surface area contributed by atoms with E-state index in [-0.39, 0.29) is 0 Å². The highest BCUT2D eigenvalue weighted by Crippen LogP contribution is 2.29. The molecule has 0 aliphatic carbocycles. The lowest BCUT2D eigenvalue weighted by atomic mass is 9.88. The molecule has 0 radical (unpaired) electrons. The maximum absolute atomic E-state index is 6.25. The van der Waals surface area contributed by atoms with E-state index in [9.17, 15) is 0 Å². The molecule has 0 heterocycles. The summed E-state index contributed by atoms with van der Waals surface area (Å²) >= 11 is 6.25. The fraction of sp³-hybridized carbons (Fsp3) is 0.571. The smallest absolute Gasteiger partial charge is 0.0441 e. The summed E-state index contributed by atoms with van der Waals surface area (Å²) in [6, 6.07) is 8.17. The molecule has 0 amide bonds. The van der Waals surface area contributed by atoms with Gasteiger partial charge in [-0.1, -0.05) is 50.6 Å². The van der Waals surface area contributed by atoms with E-state index in [0.29, 0.717) is 11.8 Å². The van der Waals surface area contributed by atoms with Crippen molar-refractivity contribution in [1.82, 2.24) is 5.32 Å². The largest absolute Gasteiger partial charge is 0.316 e. The predicted molar refractivity (Wildman–Crippen MR) is 72.2 cm³/mol. The van der Waals surface area contributed by atoms with E-state index in [2.05, 4.69) is 38.2 Å². The number of halogens is 1. The van der Waals surface area contributed by atoms with E-state index >= 15 is 0 Å². The molecule has 0 saturated heterocycles. The predicted octanol–water partition coefficient (Wildman–Crippen LogP) is 4.08. The average Bonchev–Trinajstić information content (AvgIpc) is 2.25. The molecule has 1 nitrogen and oxygen atoms in total. The standard InChI is InChI=1S/C14H22ClN/c1-4-9-16-10-13(11(2)3)12-7-5-6-8-14(12)15/h5-8,11,13,16H,4,9-10H2,1-3H3. The molecule has 0 fully saturated rings. The van der Waals surface area contributed by atoms with Crippen LogP contribution in [0.5, 0.6) is 0 Å². The highest BCUT2D eigenvalue weighted by molar-refractivity contribution is 6.31. The van der Waals surface area contributed by atoms with Crippen LogP contribution >= 0.6 is 11.6 Å². The molecule has 0 aliphatic rings. The Labute approximate surface area is 104 Å². The second kappa shape index (κ2) is 6.93. The van der Waals surface area contributed by atoms with Crippen LogP contribution in [-0.2, 0) is 0 Å². The number of nitrogens with one attached hydrogen (secondary N) is 1. The summed E-state index contributed by atoms with van der Waals surface area (Å²) in [7, 11) is 0. The Balaban J connectivity index is 2.74. The fourth-order valence-electron chi connectivity index (χ4n) is 1.91. The molecule has 1 aromatic carbocycles. The van der Waals surface area contributed by atoms with E-state index in [1.54, 1.807) is 0 Å². The van der Waals surface area contributed by atoms with Gasteiger partial charge in [0.2, 0.25) is 0 Å². The number of benzene rings is 1. The van der Waals surface area contributed by atoms with Crippen molar-refractivity contribution in [3.05, 3.63) is 34.9 Å². The zero-order chi connectivity index (χ0) is 12.0. The quantitative estimate of drug-likeness (QED) is 0.738. The van der Waals surface area contributed by atoms with E-state index in [1.165, 1.54) is 12.0 Å². The van der Waals surface area contributed by atoms with Crippen LogP contribution in [0.3, 0.4) is 0 Å². The van der Waals surface area contributed by atoms with Gasteiger partial charge < -0.3 is 5.32 Å². The molecule has 0 saturated carbocycles. The summed E-state index contributed by atoms with van der Waals surface area (Å²) in [4.78, 5) is 0. The van der Waals surface area contributed by atoms with Gasteiger partial charge in [0.1, 0.15) is 0 Å². The van der Waals surface area contributed by atoms with Crippen molar-refractivity contribution in [3.63, 3.8) is 0 Å². The lowest BCUT2D eigenvalue weighted by molar-refractivity contribution is 0.462. The molecule has 1 N–H and O–H groups in total. The normalized spacial score (nSPS) is 13.1. The molecule has 2 heteroatoms. The summed E-state index contributed by atoms with van der Waals surface area (Å²) in [6.07, 6.45) is 1.17. The summed E-state index contributed by atoms with van der Waals surface area (Å²) < 4.78 is 0. The van der Waals surface area contributed by atoms with Gasteiger partial charge in [0.25, 0.3) is 0 Å². The molecule has 1 rings (SSSR count). The van der Waals surface area contributed by atoms with Gasteiger partial charge in [0, 0.05) is 17.5 Å². The highest BCUT2D eigenvalue weighted by Gasteiger charge is 2.17. The zero-order valence-corrected chi connectivity index (χ0v) is 11.2. The Morgan fingerprint density at radius 2 is 1.94 bits per heavy atom. The highest BCUT2D eigenvalue weighted by atomic mass is 35.5. The number of hydrogen-bond donors (Lipinski definition) is 1. The Hall–Kier alpha value is -0.530. The van der Waals surface area contributed by atoms with Gasteiger partial charge >= 0.3 is 0 Å². The molecular formula is C14H22ClN. The van der Waals surface area contributed by atoms with Crippen molar-refractivity contribution in [1.29, 1.82) is 0 Å². The van der Waals surface area contributed by atoms with Crippen LogP contribution in [-0.4, -0.2) is 13.1 Å². The molecule has 16 heavy (non-hydrogen) atoms. The summed E-state index contributed by atoms with van der Waals surface area (Å²) in [5, 5.41) is 4.37. The molecule has 0 bridgehead atoms. The van der Waals surface area contributed by atoms with Crippen LogP contribution in [0, 0.1) is 5.92 Å². The van der Waals surface area contributed by atoms with Gasteiger partial charge in [-0.15, -0.1) is 0 Å². The minimum absolute atomic E-state index is 0.500. The zero-order valence-electron chi connectivity index (χ0n) is 10.5. The monoisotopic (exact) mass is 239 g/mol. The van der Waals surface area contributed by atoms with E-state index in [0.717, 1.165) is 18.1 Å². The van der Waals surface area contributed by atoms with Crippen molar-refractivity contribution in [2.75, 3.05) is 13.1 Å². The first-order valence-electron chi connectivity index (χ1n) is 6.12.